The van der Waals surface area contributed by atoms with E-state index in [2.05, 4.69) is 75.6 Å². The van der Waals surface area contributed by atoms with E-state index in [9.17, 15) is 4.79 Å². The molecule has 7 nitrogen and oxygen atoms in total. The number of likely N-dealkylation sites (N-methyl/N-ethyl adjacent to an activating group) is 1. The number of aryl methyl sites for hydroxylation is 1. The van der Waals surface area contributed by atoms with Crippen LogP contribution in [0.15, 0.2) is 60.8 Å². The van der Waals surface area contributed by atoms with Gasteiger partial charge in [0.1, 0.15) is 0 Å². The van der Waals surface area contributed by atoms with E-state index in [1.54, 1.807) is 10.7 Å². The third-order valence-electron chi connectivity index (χ3n) is 6.21. The highest BCUT2D eigenvalue weighted by Gasteiger charge is 2.18. The van der Waals surface area contributed by atoms with Crippen molar-refractivity contribution in [3.05, 3.63) is 77.7 Å². The van der Waals surface area contributed by atoms with Crippen LogP contribution in [0.3, 0.4) is 0 Å². The second kappa shape index (κ2) is 8.16. The molecule has 1 atom stereocenters. The number of carbonyl (C=O) groups is 1. The van der Waals surface area contributed by atoms with Crippen molar-refractivity contribution in [2.24, 2.45) is 5.73 Å². The van der Waals surface area contributed by atoms with Gasteiger partial charge in [0, 0.05) is 47.6 Å². The summed E-state index contributed by atoms with van der Waals surface area (Å²) >= 11 is 0. The molecular weight excluding hydrogens is 400 g/mol. The van der Waals surface area contributed by atoms with E-state index in [0.717, 1.165) is 41.9 Å². The average molecular weight is 429 g/mol. The Morgan fingerprint density at radius 3 is 2.66 bits per heavy atom. The van der Waals surface area contributed by atoms with Crippen LogP contribution in [0.25, 0.3) is 16.6 Å². The molecule has 164 valence electrons. The molecule has 5 rings (SSSR count). The molecule has 1 aliphatic rings. The molecule has 2 aromatic carbocycles. The van der Waals surface area contributed by atoms with E-state index < -0.39 is 5.91 Å². The van der Waals surface area contributed by atoms with Gasteiger partial charge in [0.2, 0.25) is 0 Å². The number of carbonyl (C=O) groups excluding carboxylic acids is 1. The fraction of sp³-hybridized carbons (Fsp3) is 0.280. The number of nitrogens with zero attached hydrogens (tertiary/aromatic N) is 4. The van der Waals surface area contributed by atoms with Crippen molar-refractivity contribution in [3.8, 4) is 5.69 Å². The zero-order chi connectivity index (χ0) is 22.2. The van der Waals surface area contributed by atoms with Crippen LogP contribution < -0.4 is 11.1 Å². The molecule has 0 saturated carbocycles. The molecule has 3 heterocycles. The first-order valence-corrected chi connectivity index (χ1v) is 11.0. The minimum atomic E-state index is -0.518. The smallest absolute Gasteiger partial charge is 0.269 e. The minimum Gasteiger partial charge on any atom is -0.381 e. The Hall–Kier alpha value is -3.58. The molecule has 1 saturated heterocycles. The van der Waals surface area contributed by atoms with Gasteiger partial charge in [0.05, 0.1) is 5.69 Å². The molecule has 0 aliphatic carbocycles. The number of hydrogen-bond acceptors (Lipinski definition) is 4. The lowest BCUT2D eigenvalue weighted by atomic mass is 10.1. The third kappa shape index (κ3) is 3.99. The number of primary amides is 1. The maximum atomic E-state index is 11.4. The van der Waals surface area contributed by atoms with Gasteiger partial charge in [0.15, 0.2) is 5.69 Å². The van der Waals surface area contributed by atoms with E-state index in [0.29, 0.717) is 6.04 Å². The van der Waals surface area contributed by atoms with Crippen molar-refractivity contribution in [2.45, 2.75) is 25.9 Å². The number of hydrogen-bond donors (Lipinski definition) is 2. The van der Waals surface area contributed by atoms with Crippen LogP contribution in [-0.2, 0) is 6.54 Å². The van der Waals surface area contributed by atoms with Gasteiger partial charge in [-0.05, 0) is 75.0 Å². The molecular formula is C25H28N6O. The van der Waals surface area contributed by atoms with E-state index in [4.69, 9.17) is 5.73 Å². The Bertz CT molecular complexity index is 1270. The quantitative estimate of drug-likeness (QED) is 0.493. The zero-order valence-corrected chi connectivity index (χ0v) is 18.5. The fourth-order valence-corrected chi connectivity index (χ4v) is 4.51. The van der Waals surface area contributed by atoms with Gasteiger partial charge >= 0.3 is 0 Å². The number of rotatable bonds is 6. The largest absolute Gasteiger partial charge is 0.381 e. The van der Waals surface area contributed by atoms with E-state index in [1.165, 1.54) is 17.7 Å². The number of aromatic nitrogens is 3. The van der Waals surface area contributed by atoms with Crippen molar-refractivity contribution >= 4 is 22.5 Å². The highest BCUT2D eigenvalue weighted by molar-refractivity contribution is 5.91. The topological polar surface area (TPSA) is 81.1 Å². The van der Waals surface area contributed by atoms with Crippen LogP contribution in [0.4, 0.5) is 5.69 Å². The Morgan fingerprint density at radius 1 is 1.16 bits per heavy atom. The SMILES string of the molecule is Cc1cc(C(N)=O)nn1-c1ccc2c(ccn2Cc2ccc(N[C@@H]3CCN(C)C3)cc2)c1. The van der Waals surface area contributed by atoms with Crippen molar-refractivity contribution in [2.75, 3.05) is 25.5 Å². The summed E-state index contributed by atoms with van der Waals surface area (Å²) in [4.78, 5) is 13.8. The van der Waals surface area contributed by atoms with E-state index in [-0.39, 0.29) is 5.69 Å². The second-order valence-corrected chi connectivity index (χ2v) is 8.72. The molecule has 3 N–H and O–H groups in total. The summed E-state index contributed by atoms with van der Waals surface area (Å²) in [5.41, 5.74) is 11.0. The maximum absolute atomic E-state index is 11.4. The number of nitrogens with two attached hydrogens (primary N) is 1. The summed E-state index contributed by atoms with van der Waals surface area (Å²) in [6, 6.07) is 19.3. The molecule has 0 bridgehead atoms. The van der Waals surface area contributed by atoms with E-state index >= 15 is 0 Å². The van der Waals surface area contributed by atoms with Gasteiger partial charge in [0.25, 0.3) is 5.91 Å². The molecule has 7 heteroatoms. The van der Waals surface area contributed by atoms with E-state index in [1.807, 2.05) is 13.0 Å². The highest BCUT2D eigenvalue weighted by atomic mass is 16.1. The number of likely N-dealkylation sites (tertiary alicyclic amines) is 1. The van der Waals surface area contributed by atoms with Crippen LogP contribution in [0, 0.1) is 6.92 Å². The predicted octanol–water partition coefficient (Wildman–Crippen LogP) is 3.40. The van der Waals surface area contributed by atoms with Crippen LogP contribution >= 0.6 is 0 Å². The summed E-state index contributed by atoms with van der Waals surface area (Å²) in [5.74, 6) is -0.518. The van der Waals surface area contributed by atoms with Crippen molar-refractivity contribution < 1.29 is 4.79 Å². The molecule has 1 amide bonds. The van der Waals surface area contributed by atoms with Gasteiger partial charge < -0.3 is 20.5 Å². The summed E-state index contributed by atoms with van der Waals surface area (Å²) in [6.07, 6.45) is 3.30. The first-order valence-electron chi connectivity index (χ1n) is 11.0. The normalized spacial score (nSPS) is 16.6. The zero-order valence-electron chi connectivity index (χ0n) is 18.5. The monoisotopic (exact) mass is 428 g/mol. The first-order chi connectivity index (χ1) is 15.5. The van der Waals surface area contributed by atoms with Crippen LogP contribution in [-0.4, -0.2) is 51.3 Å². The van der Waals surface area contributed by atoms with Crippen LogP contribution in [0.2, 0.25) is 0 Å². The number of benzene rings is 2. The molecule has 1 aliphatic heterocycles. The third-order valence-corrected chi connectivity index (χ3v) is 6.21. The van der Waals surface area contributed by atoms with Crippen molar-refractivity contribution in [1.82, 2.24) is 19.2 Å². The molecule has 32 heavy (non-hydrogen) atoms. The lowest BCUT2D eigenvalue weighted by Crippen LogP contribution is -2.23. The first kappa shape index (κ1) is 20.3. The summed E-state index contributed by atoms with van der Waals surface area (Å²) in [7, 11) is 2.17. The van der Waals surface area contributed by atoms with Gasteiger partial charge in [-0.1, -0.05) is 12.1 Å². The Kier molecular flexibility index (Phi) is 5.19. The number of amides is 1. The Morgan fingerprint density at radius 2 is 1.97 bits per heavy atom. The van der Waals surface area contributed by atoms with Crippen molar-refractivity contribution in [3.63, 3.8) is 0 Å². The lowest BCUT2D eigenvalue weighted by molar-refractivity contribution is 0.0995. The van der Waals surface area contributed by atoms with Gasteiger partial charge in [-0.25, -0.2) is 4.68 Å². The fourth-order valence-electron chi connectivity index (χ4n) is 4.51. The van der Waals surface area contributed by atoms with Crippen LogP contribution in [0.1, 0.15) is 28.2 Å². The minimum absolute atomic E-state index is 0.276. The second-order valence-electron chi connectivity index (χ2n) is 8.72. The van der Waals surface area contributed by atoms with Gasteiger partial charge in [-0.15, -0.1) is 0 Å². The van der Waals surface area contributed by atoms with Gasteiger partial charge in [-0.3, -0.25) is 4.79 Å². The Labute approximate surface area is 187 Å². The van der Waals surface area contributed by atoms with Crippen molar-refractivity contribution in [1.29, 1.82) is 0 Å². The predicted molar refractivity (Wildman–Crippen MR) is 127 cm³/mol. The summed E-state index contributed by atoms with van der Waals surface area (Å²) in [6.45, 7) is 4.98. The Balaban J connectivity index is 1.33. The number of nitrogens with one attached hydrogen (secondary N) is 1. The standard InChI is InChI=1S/C25H28N6O/c1-17-13-23(25(26)32)28-31(17)22-7-8-24-19(14-22)9-12-30(24)15-18-3-5-20(6-4-18)27-21-10-11-29(2)16-21/h3-9,12-14,21,27H,10-11,15-16H2,1-2H3,(H2,26,32)/t21-/m1/s1. The number of anilines is 1. The molecule has 0 radical (unpaired) electrons. The molecule has 1 fully saturated rings. The molecule has 4 aromatic rings. The molecule has 0 unspecified atom stereocenters. The number of fused-ring (bicyclic) bond motifs is 1. The van der Waals surface area contributed by atoms with Gasteiger partial charge in [-0.2, -0.15) is 5.10 Å². The molecule has 2 aromatic heterocycles. The highest BCUT2D eigenvalue weighted by Crippen LogP contribution is 2.23. The molecule has 0 spiro atoms. The average Bonchev–Trinajstić information content (AvgIpc) is 3.48. The summed E-state index contributed by atoms with van der Waals surface area (Å²) < 4.78 is 4.00. The lowest BCUT2D eigenvalue weighted by Gasteiger charge is -2.15. The summed E-state index contributed by atoms with van der Waals surface area (Å²) in [5, 5.41) is 9.10. The van der Waals surface area contributed by atoms with Crippen LogP contribution in [0.5, 0.6) is 0 Å². The maximum Gasteiger partial charge on any atom is 0.269 e.